The second kappa shape index (κ2) is 7.50. The fourth-order valence-corrected chi connectivity index (χ4v) is 2.02. The summed E-state index contributed by atoms with van der Waals surface area (Å²) >= 11 is 0. The number of ether oxygens (including phenoxy) is 2. The zero-order chi connectivity index (χ0) is 15.9. The van der Waals surface area contributed by atoms with E-state index in [9.17, 15) is 4.79 Å². The number of hydrogen-bond acceptors (Lipinski definition) is 3. The standard InChI is InChI=1S/C18H21NO3/c1-4-21-16-9-5-7-14(11-16)18(20)19-15-8-6-10-17(12-15)22-13(2)3/h5-13H,4H2,1-3H3,(H,19,20). The Balaban J connectivity index is 2.10. The van der Waals surface area contributed by atoms with Gasteiger partial charge in [-0.15, -0.1) is 0 Å². The van der Waals surface area contributed by atoms with Gasteiger partial charge in [-0.25, -0.2) is 0 Å². The summed E-state index contributed by atoms with van der Waals surface area (Å²) in [4.78, 5) is 12.3. The second-order valence-corrected chi connectivity index (χ2v) is 5.11. The molecule has 0 atom stereocenters. The third kappa shape index (κ3) is 4.52. The molecular weight excluding hydrogens is 278 g/mol. The predicted octanol–water partition coefficient (Wildman–Crippen LogP) is 4.12. The minimum absolute atomic E-state index is 0.0915. The van der Waals surface area contributed by atoms with E-state index in [0.29, 0.717) is 23.6 Å². The lowest BCUT2D eigenvalue weighted by atomic mass is 10.2. The summed E-state index contributed by atoms with van der Waals surface area (Å²) in [6.45, 7) is 6.40. The molecule has 0 fully saturated rings. The normalized spacial score (nSPS) is 10.4. The summed E-state index contributed by atoms with van der Waals surface area (Å²) < 4.78 is 11.0. The van der Waals surface area contributed by atoms with Gasteiger partial charge in [-0.3, -0.25) is 4.79 Å². The minimum Gasteiger partial charge on any atom is -0.494 e. The van der Waals surface area contributed by atoms with Crippen molar-refractivity contribution in [2.24, 2.45) is 0 Å². The largest absolute Gasteiger partial charge is 0.494 e. The minimum atomic E-state index is -0.178. The fraction of sp³-hybridized carbons (Fsp3) is 0.278. The Labute approximate surface area is 131 Å². The summed E-state index contributed by atoms with van der Waals surface area (Å²) in [5.74, 6) is 1.24. The molecule has 0 saturated heterocycles. The highest BCUT2D eigenvalue weighted by Crippen LogP contribution is 2.20. The highest BCUT2D eigenvalue weighted by molar-refractivity contribution is 6.04. The Morgan fingerprint density at radius 3 is 2.55 bits per heavy atom. The number of hydrogen-bond donors (Lipinski definition) is 1. The first-order valence-corrected chi connectivity index (χ1v) is 7.39. The summed E-state index contributed by atoms with van der Waals surface area (Å²) in [6.07, 6.45) is 0.0915. The number of anilines is 1. The van der Waals surface area contributed by atoms with Crippen LogP contribution in [0.2, 0.25) is 0 Å². The first-order valence-electron chi connectivity index (χ1n) is 7.39. The van der Waals surface area contributed by atoms with E-state index in [-0.39, 0.29) is 12.0 Å². The smallest absolute Gasteiger partial charge is 0.255 e. The van der Waals surface area contributed by atoms with Gasteiger partial charge in [0.2, 0.25) is 0 Å². The zero-order valence-electron chi connectivity index (χ0n) is 13.1. The van der Waals surface area contributed by atoms with Crippen molar-refractivity contribution in [3.8, 4) is 11.5 Å². The van der Waals surface area contributed by atoms with Crippen molar-refractivity contribution in [1.29, 1.82) is 0 Å². The quantitative estimate of drug-likeness (QED) is 0.872. The molecule has 22 heavy (non-hydrogen) atoms. The molecule has 2 aromatic carbocycles. The highest BCUT2D eigenvalue weighted by Gasteiger charge is 2.08. The van der Waals surface area contributed by atoms with Gasteiger partial charge in [0.25, 0.3) is 5.91 Å². The third-order valence-corrected chi connectivity index (χ3v) is 2.87. The summed E-state index contributed by atoms with van der Waals surface area (Å²) in [7, 11) is 0. The van der Waals surface area contributed by atoms with Gasteiger partial charge in [0.1, 0.15) is 11.5 Å². The molecule has 0 aliphatic heterocycles. The summed E-state index contributed by atoms with van der Waals surface area (Å²) in [5, 5.41) is 2.87. The highest BCUT2D eigenvalue weighted by atomic mass is 16.5. The van der Waals surface area contributed by atoms with Crippen molar-refractivity contribution in [2.45, 2.75) is 26.9 Å². The first-order chi connectivity index (χ1) is 10.6. The van der Waals surface area contributed by atoms with E-state index in [1.807, 2.05) is 51.1 Å². The van der Waals surface area contributed by atoms with E-state index in [0.717, 1.165) is 5.75 Å². The molecule has 1 amide bonds. The van der Waals surface area contributed by atoms with E-state index in [2.05, 4.69) is 5.32 Å². The Hall–Kier alpha value is -2.49. The SMILES string of the molecule is CCOc1cccc(C(=O)Nc2cccc(OC(C)C)c2)c1. The van der Waals surface area contributed by atoms with Crippen LogP contribution < -0.4 is 14.8 Å². The van der Waals surface area contributed by atoms with Gasteiger partial charge in [-0.05, 0) is 51.1 Å². The maximum absolute atomic E-state index is 12.3. The van der Waals surface area contributed by atoms with Crippen molar-refractivity contribution in [2.75, 3.05) is 11.9 Å². The van der Waals surface area contributed by atoms with Crippen LogP contribution in [0.1, 0.15) is 31.1 Å². The molecular formula is C18H21NO3. The predicted molar refractivity (Wildman–Crippen MR) is 87.8 cm³/mol. The lowest BCUT2D eigenvalue weighted by Crippen LogP contribution is -2.12. The molecule has 4 nitrogen and oxygen atoms in total. The molecule has 0 bridgehead atoms. The Morgan fingerprint density at radius 2 is 1.82 bits per heavy atom. The molecule has 0 aliphatic rings. The molecule has 0 radical (unpaired) electrons. The third-order valence-electron chi connectivity index (χ3n) is 2.87. The maximum Gasteiger partial charge on any atom is 0.255 e. The van der Waals surface area contributed by atoms with E-state index in [4.69, 9.17) is 9.47 Å². The molecule has 0 aliphatic carbocycles. The van der Waals surface area contributed by atoms with Crippen molar-refractivity contribution < 1.29 is 14.3 Å². The molecule has 0 aromatic heterocycles. The molecule has 2 aromatic rings. The average Bonchev–Trinajstić information content (AvgIpc) is 2.47. The van der Waals surface area contributed by atoms with Gasteiger partial charge >= 0.3 is 0 Å². The van der Waals surface area contributed by atoms with Crippen molar-refractivity contribution >= 4 is 11.6 Å². The van der Waals surface area contributed by atoms with Crippen LogP contribution in [0, 0.1) is 0 Å². The number of benzene rings is 2. The molecule has 0 saturated carbocycles. The van der Waals surface area contributed by atoms with Crippen molar-refractivity contribution in [3.05, 3.63) is 54.1 Å². The topological polar surface area (TPSA) is 47.6 Å². The van der Waals surface area contributed by atoms with Crippen LogP contribution >= 0.6 is 0 Å². The molecule has 1 N–H and O–H groups in total. The maximum atomic E-state index is 12.3. The van der Waals surface area contributed by atoms with E-state index < -0.39 is 0 Å². The Bertz CT molecular complexity index is 638. The van der Waals surface area contributed by atoms with Gasteiger partial charge in [0.15, 0.2) is 0 Å². The van der Waals surface area contributed by atoms with E-state index in [1.165, 1.54) is 0 Å². The summed E-state index contributed by atoms with van der Waals surface area (Å²) in [6, 6.07) is 14.5. The van der Waals surface area contributed by atoms with E-state index >= 15 is 0 Å². The molecule has 4 heteroatoms. The first kappa shape index (κ1) is 15.9. The second-order valence-electron chi connectivity index (χ2n) is 5.11. The van der Waals surface area contributed by atoms with Crippen LogP contribution in [0.5, 0.6) is 11.5 Å². The van der Waals surface area contributed by atoms with Crippen LogP contribution in [0.3, 0.4) is 0 Å². The Morgan fingerprint density at radius 1 is 1.09 bits per heavy atom. The number of amides is 1. The lowest BCUT2D eigenvalue weighted by molar-refractivity contribution is 0.102. The summed E-state index contributed by atoms with van der Waals surface area (Å²) in [5.41, 5.74) is 1.26. The van der Waals surface area contributed by atoms with Crippen LogP contribution in [0.25, 0.3) is 0 Å². The number of rotatable bonds is 6. The number of nitrogens with one attached hydrogen (secondary N) is 1. The fourth-order valence-electron chi connectivity index (χ4n) is 2.02. The van der Waals surface area contributed by atoms with Crippen molar-refractivity contribution in [3.63, 3.8) is 0 Å². The van der Waals surface area contributed by atoms with E-state index in [1.54, 1.807) is 18.2 Å². The van der Waals surface area contributed by atoms with Crippen LogP contribution in [0.4, 0.5) is 5.69 Å². The van der Waals surface area contributed by atoms with Crippen molar-refractivity contribution in [1.82, 2.24) is 0 Å². The van der Waals surface area contributed by atoms with Gasteiger partial charge < -0.3 is 14.8 Å². The average molecular weight is 299 g/mol. The number of carbonyl (C=O) groups excluding carboxylic acids is 1. The van der Waals surface area contributed by atoms with Gasteiger partial charge in [0.05, 0.1) is 12.7 Å². The lowest BCUT2D eigenvalue weighted by Gasteiger charge is -2.12. The van der Waals surface area contributed by atoms with Crippen LogP contribution in [-0.2, 0) is 0 Å². The molecule has 0 unspecified atom stereocenters. The van der Waals surface area contributed by atoms with Crippen LogP contribution in [-0.4, -0.2) is 18.6 Å². The molecule has 2 rings (SSSR count). The van der Waals surface area contributed by atoms with Crippen LogP contribution in [0.15, 0.2) is 48.5 Å². The Kier molecular flexibility index (Phi) is 5.42. The molecule has 0 spiro atoms. The number of carbonyl (C=O) groups is 1. The van der Waals surface area contributed by atoms with Gasteiger partial charge in [-0.2, -0.15) is 0 Å². The molecule has 116 valence electrons. The van der Waals surface area contributed by atoms with Gasteiger partial charge in [0, 0.05) is 17.3 Å². The molecule has 0 heterocycles. The van der Waals surface area contributed by atoms with Gasteiger partial charge in [-0.1, -0.05) is 12.1 Å². The zero-order valence-corrected chi connectivity index (χ0v) is 13.1. The monoisotopic (exact) mass is 299 g/mol.